The molecule has 24 heavy (non-hydrogen) atoms. The van der Waals surface area contributed by atoms with Gasteiger partial charge in [-0.05, 0) is 44.5 Å². The summed E-state index contributed by atoms with van der Waals surface area (Å²) in [5, 5.41) is 11.1. The number of hydrogen-bond donors (Lipinski definition) is 1. The Balaban J connectivity index is 1.81. The summed E-state index contributed by atoms with van der Waals surface area (Å²) in [5.41, 5.74) is 0.318. The maximum absolute atomic E-state index is 13.0. The Hall–Kier alpha value is -1.30. The number of aliphatic hydroxyl groups excluding tert-OH is 1. The molecule has 5 nitrogen and oxygen atoms in total. The Morgan fingerprint density at radius 2 is 2.12 bits per heavy atom. The van der Waals surface area contributed by atoms with Gasteiger partial charge in [-0.1, -0.05) is 11.6 Å². The molecule has 132 valence electrons. The molecule has 0 aliphatic carbocycles. The minimum atomic E-state index is -0.349. The van der Waals surface area contributed by atoms with Crippen molar-refractivity contribution in [1.29, 1.82) is 0 Å². The lowest BCUT2D eigenvalue weighted by atomic mass is 9.71. The second-order valence-corrected chi connectivity index (χ2v) is 7.55. The number of halogens is 1. The number of likely N-dealkylation sites (tertiary alicyclic amines) is 2. The van der Waals surface area contributed by atoms with E-state index in [4.69, 9.17) is 16.3 Å². The van der Waals surface area contributed by atoms with Crippen LogP contribution in [0.2, 0.25) is 5.02 Å². The average Bonchev–Trinajstić information content (AvgIpc) is 2.57. The van der Waals surface area contributed by atoms with Gasteiger partial charge in [0.2, 0.25) is 0 Å². The van der Waals surface area contributed by atoms with Crippen molar-refractivity contribution in [2.75, 3.05) is 40.3 Å². The van der Waals surface area contributed by atoms with Crippen molar-refractivity contribution >= 4 is 17.5 Å². The SMILES string of the molecule is COc1cc(Cl)cc(C(=O)N2CCC[C@]3(CN(C)CC[C@@H]3O)C2)c1. The van der Waals surface area contributed by atoms with Crippen LogP contribution in [0.4, 0.5) is 0 Å². The zero-order valence-corrected chi connectivity index (χ0v) is 15.1. The highest BCUT2D eigenvalue weighted by atomic mass is 35.5. The third-order valence-electron chi connectivity index (χ3n) is 5.33. The van der Waals surface area contributed by atoms with Crippen LogP contribution in [0.1, 0.15) is 29.6 Å². The minimum Gasteiger partial charge on any atom is -0.497 e. The molecule has 0 radical (unpaired) electrons. The van der Waals surface area contributed by atoms with Gasteiger partial charge in [-0.25, -0.2) is 0 Å². The van der Waals surface area contributed by atoms with Crippen LogP contribution >= 0.6 is 11.6 Å². The van der Waals surface area contributed by atoms with Gasteiger partial charge in [-0.15, -0.1) is 0 Å². The van der Waals surface area contributed by atoms with Crippen molar-refractivity contribution < 1.29 is 14.6 Å². The number of carbonyl (C=O) groups excluding carboxylic acids is 1. The zero-order valence-electron chi connectivity index (χ0n) is 14.3. The predicted octanol–water partition coefficient (Wildman–Crippen LogP) is 2.27. The molecule has 2 saturated heterocycles. The van der Waals surface area contributed by atoms with E-state index in [1.807, 2.05) is 4.90 Å². The molecule has 2 aliphatic rings. The van der Waals surface area contributed by atoms with Gasteiger partial charge in [0.25, 0.3) is 5.91 Å². The number of methoxy groups -OCH3 is 1. The molecule has 6 heteroatoms. The second kappa shape index (κ2) is 6.90. The standard InChI is InChI=1S/C18H25ClN2O3/c1-20-7-4-16(22)18(11-20)5-3-6-21(12-18)17(23)13-8-14(19)10-15(9-13)24-2/h8-10,16,22H,3-7,11-12H2,1-2H3/t16-,18-/m0/s1. The molecule has 2 heterocycles. The monoisotopic (exact) mass is 352 g/mol. The van der Waals surface area contributed by atoms with Crippen molar-refractivity contribution in [1.82, 2.24) is 9.80 Å². The van der Waals surface area contributed by atoms with Crippen LogP contribution in [-0.2, 0) is 0 Å². The Morgan fingerprint density at radius 3 is 2.88 bits per heavy atom. The maximum Gasteiger partial charge on any atom is 0.254 e. The molecule has 0 unspecified atom stereocenters. The normalized spacial score (nSPS) is 28.2. The Kier molecular flexibility index (Phi) is 5.04. The Labute approximate surface area is 148 Å². The van der Waals surface area contributed by atoms with Crippen LogP contribution in [-0.4, -0.2) is 67.3 Å². The van der Waals surface area contributed by atoms with Crippen LogP contribution in [0.3, 0.4) is 0 Å². The topological polar surface area (TPSA) is 53.0 Å². The third kappa shape index (κ3) is 3.39. The summed E-state index contributed by atoms with van der Waals surface area (Å²) in [7, 11) is 3.64. The van der Waals surface area contributed by atoms with Gasteiger partial charge in [-0.3, -0.25) is 4.79 Å². The molecule has 0 saturated carbocycles. The molecule has 2 aliphatic heterocycles. The highest BCUT2D eigenvalue weighted by Crippen LogP contribution is 2.39. The number of benzene rings is 1. The predicted molar refractivity (Wildman–Crippen MR) is 93.7 cm³/mol. The second-order valence-electron chi connectivity index (χ2n) is 7.11. The summed E-state index contributed by atoms with van der Waals surface area (Å²) >= 11 is 6.10. The van der Waals surface area contributed by atoms with Crippen molar-refractivity contribution in [2.45, 2.75) is 25.4 Å². The van der Waals surface area contributed by atoms with E-state index >= 15 is 0 Å². The molecule has 1 spiro atoms. The number of hydrogen-bond acceptors (Lipinski definition) is 4. The van der Waals surface area contributed by atoms with E-state index in [1.54, 1.807) is 25.3 Å². The fourth-order valence-corrected chi connectivity index (χ4v) is 4.32. The molecule has 0 bridgehead atoms. The lowest BCUT2D eigenvalue weighted by molar-refractivity contribution is -0.0731. The first-order valence-corrected chi connectivity index (χ1v) is 8.82. The lowest BCUT2D eigenvalue weighted by Crippen LogP contribution is -2.59. The zero-order chi connectivity index (χ0) is 17.3. The van der Waals surface area contributed by atoms with Crippen LogP contribution in [0, 0.1) is 5.41 Å². The van der Waals surface area contributed by atoms with Gasteiger partial charge in [0.1, 0.15) is 5.75 Å². The maximum atomic E-state index is 13.0. The van der Waals surface area contributed by atoms with E-state index in [0.29, 0.717) is 29.4 Å². The van der Waals surface area contributed by atoms with Crippen LogP contribution in [0.25, 0.3) is 0 Å². The van der Waals surface area contributed by atoms with Gasteiger partial charge in [0.05, 0.1) is 13.2 Å². The number of rotatable bonds is 2. The highest BCUT2D eigenvalue weighted by Gasteiger charge is 2.45. The number of nitrogens with zero attached hydrogens (tertiary/aromatic N) is 2. The highest BCUT2D eigenvalue weighted by molar-refractivity contribution is 6.31. The molecule has 1 N–H and O–H groups in total. The van der Waals surface area contributed by atoms with E-state index in [0.717, 1.165) is 32.4 Å². The first kappa shape index (κ1) is 17.5. The van der Waals surface area contributed by atoms with E-state index in [2.05, 4.69) is 11.9 Å². The fourth-order valence-electron chi connectivity index (χ4n) is 4.09. The number of ether oxygens (including phenoxy) is 1. The summed E-state index contributed by atoms with van der Waals surface area (Å²) in [6, 6.07) is 5.09. The smallest absolute Gasteiger partial charge is 0.254 e. The van der Waals surface area contributed by atoms with Gasteiger partial charge >= 0.3 is 0 Å². The quantitative estimate of drug-likeness (QED) is 0.887. The first-order chi connectivity index (χ1) is 11.4. The summed E-state index contributed by atoms with van der Waals surface area (Å²) < 4.78 is 5.21. The molecule has 1 aromatic rings. The number of aliphatic hydroxyl groups is 1. The molecule has 1 amide bonds. The van der Waals surface area contributed by atoms with E-state index in [-0.39, 0.29) is 17.4 Å². The van der Waals surface area contributed by atoms with Crippen molar-refractivity contribution in [3.05, 3.63) is 28.8 Å². The Bertz CT molecular complexity index is 624. The molecule has 2 fully saturated rings. The lowest BCUT2D eigenvalue weighted by Gasteiger charge is -2.50. The molecular weight excluding hydrogens is 328 g/mol. The van der Waals surface area contributed by atoms with Crippen molar-refractivity contribution in [2.24, 2.45) is 5.41 Å². The molecule has 1 aromatic carbocycles. The van der Waals surface area contributed by atoms with Gasteiger partial charge in [0.15, 0.2) is 0 Å². The van der Waals surface area contributed by atoms with Gasteiger partial charge in [-0.2, -0.15) is 0 Å². The fraction of sp³-hybridized carbons (Fsp3) is 0.611. The van der Waals surface area contributed by atoms with Crippen LogP contribution < -0.4 is 4.74 Å². The van der Waals surface area contributed by atoms with Crippen molar-refractivity contribution in [3.63, 3.8) is 0 Å². The largest absolute Gasteiger partial charge is 0.497 e. The average molecular weight is 353 g/mol. The summed E-state index contributed by atoms with van der Waals surface area (Å²) in [4.78, 5) is 17.1. The van der Waals surface area contributed by atoms with Gasteiger partial charge in [0, 0.05) is 42.2 Å². The molecule has 2 atom stereocenters. The van der Waals surface area contributed by atoms with Gasteiger partial charge < -0.3 is 19.6 Å². The summed E-state index contributed by atoms with van der Waals surface area (Å²) in [6.45, 7) is 3.04. The number of carbonyl (C=O) groups is 1. The number of piperidine rings is 2. The molecular formula is C18H25ClN2O3. The summed E-state index contributed by atoms with van der Waals surface area (Å²) in [5.74, 6) is 0.533. The van der Waals surface area contributed by atoms with E-state index in [1.165, 1.54) is 0 Å². The molecule has 0 aromatic heterocycles. The first-order valence-electron chi connectivity index (χ1n) is 8.44. The molecule has 3 rings (SSSR count). The van der Waals surface area contributed by atoms with E-state index in [9.17, 15) is 9.90 Å². The van der Waals surface area contributed by atoms with Crippen molar-refractivity contribution in [3.8, 4) is 5.75 Å². The summed E-state index contributed by atoms with van der Waals surface area (Å²) in [6.07, 6.45) is 2.29. The van der Waals surface area contributed by atoms with Crippen LogP contribution in [0.15, 0.2) is 18.2 Å². The van der Waals surface area contributed by atoms with Crippen LogP contribution in [0.5, 0.6) is 5.75 Å². The number of amides is 1. The van der Waals surface area contributed by atoms with E-state index < -0.39 is 0 Å². The minimum absolute atomic E-state index is 0.0460. The third-order valence-corrected chi connectivity index (χ3v) is 5.54. The Morgan fingerprint density at radius 1 is 1.33 bits per heavy atom.